The molecule has 0 aliphatic heterocycles. The monoisotopic (exact) mass is 221 g/mol. The van der Waals surface area contributed by atoms with Crippen molar-refractivity contribution in [3.05, 3.63) is 33.9 Å². The van der Waals surface area contributed by atoms with E-state index in [0.717, 1.165) is 18.5 Å². The van der Waals surface area contributed by atoms with Crippen LogP contribution in [0.15, 0.2) is 18.2 Å². The Morgan fingerprint density at radius 3 is 2.75 bits per heavy atom. The van der Waals surface area contributed by atoms with Crippen molar-refractivity contribution >= 4 is 11.4 Å². The van der Waals surface area contributed by atoms with Gasteiger partial charge in [-0.2, -0.15) is 0 Å². The van der Waals surface area contributed by atoms with Crippen LogP contribution < -0.4 is 11.1 Å². The van der Waals surface area contributed by atoms with Gasteiger partial charge in [-0.15, -0.1) is 0 Å². The van der Waals surface area contributed by atoms with Crippen LogP contribution in [0.4, 0.5) is 11.4 Å². The summed E-state index contributed by atoms with van der Waals surface area (Å²) in [6.07, 6.45) is 1.86. The molecule has 1 aliphatic rings. The Hall–Kier alpha value is -1.62. The molecule has 0 unspecified atom stereocenters. The van der Waals surface area contributed by atoms with E-state index >= 15 is 0 Å². The van der Waals surface area contributed by atoms with Crippen molar-refractivity contribution in [3.8, 4) is 0 Å². The van der Waals surface area contributed by atoms with Crippen LogP contribution in [0.3, 0.4) is 0 Å². The van der Waals surface area contributed by atoms with Gasteiger partial charge in [0, 0.05) is 29.4 Å². The number of anilines is 1. The summed E-state index contributed by atoms with van der Waals surface area (Å²) in [6.45, 7) is 1.74. The van der Waals surface area contributed by atoms with Crippen molar-refractivity contribution in [2.24, 2.45) is 5.73 Å². The van der Waals surface area contributed by atoms with E-state index in [4.69, 9.17) is 5.73 Å². The first kappa shape index (κ1) is 10.9. The van der Waals surface area contributed by atoms with Crippen LogP contribution in [-0.2, 0) is 0 Å². The average molecular weight is 221 g/mol. The lowest BCUT2D eigenvalue weighted by Crippen LogP contribution is -2.44. The minimum Gasteiger partial charge on any atom is -0.382 e. The Balaban J connectivity index is 2.10. The molecule has 0 aromatic heterocycles. The molecule has 1 aromatic carbocycles. The molecular weight excluding hydrogens is 206 g/mol. The van der Waals surface area contributed by atoms with Gasteiger partial charge in [0.15, 0.2) is 0 Å². The van der Waals surface area contributed by atoms with Crippen molar-refractivity contribution in [3.63, 3.8) is 0 Å². The maximum absolute atomic E-state index is 10.8. The number of benzene rings is 1. The maximum atomic E-state index is 10.8. The largest absolute Gasteiger partial charge is 0.382 e. The summed E-state index contributed by atoms with van der Waals surface area (Å²) in [5.74, 6) is 0. The molecule has 0 amide bonds. The topological polar surface area (TPSA) is 81.2 Å². The van der Waals surface area contributed by atoms with Crippen LogP contribution in [0.2, 0.25) is 0 Å². The van der Waals surface area contributed by atoms with Crippen molar-refractivity contribution in [2.75, 3.05) is 5.32 Å². The molecule has 3 N–H and O–H groups in total. The second-order valence-electron chi connectivity index (χ2n) is 4.33. The highest BCUT2D eigenvalue weighted by atomic mass is 16.6. The molecular formula is C11H15N3O2. The summed E-state index contributed by atoms with van der Waals surface area (Å²) in [5, 5.41) is 14.0. The summed E-state index contributed by atoms with van der Waals surface area (Å²) < 4.78 is 0. The van der Waals surface area contributed by atoms with Gasteiger partial charge in [-0.1, -0.05) is 6.07 Å². The van der Waals surface area contributed by atoms with Crippen molar-refractivity contribution < 1.29 is 4.92 Å². The molecule has 0 spiro atoms. The number of nitro groups is 1. The summed E-state index contributed by atoms with van der Waals surface area (Å²) in [7, 11) is 0. The SMILES string of the molecule is Cc1ccc(NC2CC(N)C2)cc1[N+](=O)[O-]. The van der Waals surface area contributed by atoms with E-state index in [-0.39, 0.29) is 16.7 Å². The molecule has 2 rings (SSSR count). The number of nitro benzene ring substituents is 1. The highest BCUT2D eigenvalue weighted by molar-refractivity contribution is 5.55. The van der Waals surface area contributed by atoms with Gasteiger partial charge in [0.2, 0.25) is 0 Å². The van der Waals surface area contributed by atoms with Gasteiger partial charge in [0.25, 0.3) is 5.69 Å². The molecule has 1 aliphatic carbocycles. The van der Waals surface area contributed by atoms with Gasteiger partial charge in [-0.05, 0) is 25.8 Å². The smallest absolute Gasteiger partial charge is 0.274 e. The molecule has 86 valence electrons. The van der Waals surface area contributed by atoms with Crippen LogP contribution in [0.25, 0.3) is 0 Å². The Labute approximate surface area is 93.8 Å². The average Bonchev–Trinajstić information content (AvgIpc) is 2.18. The highest BCUT2D eigenvalue weighted by Gasteiger charge is 2.25. The van der Waals surface area contributed by atoms with E-state index in [9.17, 15) is 10.1 Å². The van der Waals surface area contributed by atoms with Crippen LogP contribution in [0.5, 0.6) is 0 Å². The van der Waals surface area contributed by atoms with Gasteiger partial charge in [0.05, 0.1) is 4.92 Å². The normalized spacial score (nSPS) is 23.6. The van der Waals surface area contributed by atoms with E-state index in [1.807, 2.05) is 6.07 Å². The minimum absolute atomic E-state index is 0.161. The summed E-state index contributed by atoms with van der Waals surface area (Å²) in [5.41, 5.74) is 7.32. The van der Waals surface area contributed by atoms with E-state index in [0.29, 0.717) is 11.6 Å². The van der Waals surface area contributed by atoms with E-state index in [2.05, 4.69) is 5.32 Å². The number of rotatable bonds is 3. The van der Waals surface area contributed by atoms with E-state index in [1.54, 1.807) is 19.1 Å². The second-order valence-corrected chi connectivity index (χ2v) is 4.33. The highest BCUT2D eigenvalue weighted by Crippen LogP contribution is 2.26. The number of nitrogens with zero attached hydrogens (tertiary/aromatic N) is 1. The Kier molecular flexibility index (Phi) is 2.78. The van der Waals surface area contributed by atoms with E-state index in [1.165, 1.54) is 0 Å². The number of aryl methyl sites for hydroxylation is 1. The summed E-state index contributed by atoms with van der Waals surface area (Å²) in [4.78, 5) is 10.4. The van der Waals surface area contributed by atoms with Gasteiger partial charge < -0.3 is 11.1 Å². The first-order valence-corrected chi connectivity index (χ1v) is 5.33. The van der Waals surface area contributed by atoms with Gasteiger partial charge in [-0.3, -0.25) is 10.1 Å². The van der Waals surface area contributed by atoms with Crippen molar-refractivity contribution in [2.45, 2.75) is 31.8 Å². The van der Waals surface area contributed by atoms with Crippen LogP contribution in [0.1, 0.15) is 18.4 Å². The zero-order valence-electron chi connectivity index (χ0n) is 9.14. The van der Waals surface area contributed by atoms with Crippen LogP contribution >= 0.6 is 0 Å². The molecule has 16 heavy (non-hydrogen) atoms. The molecule has 0 bridgehead atoms. The fraction of sp³-hybridized carbons (Fsp3) is 0.455. The molecule has 0 radical (unpaired) electrons. The third-order valence-electron chi connectivity index (χ3n) is 2.95. The standard InChI is InChI=1S/C11H15N3O2/c1-7-2-3-9(6-11(7)14(15)16)13-10-4-8(12)5-10/h2-3,6,8,10,13H,4-5,12H2,1H3. The molecule has 5 heteroatoms. The van der Waals surface area contributed by atoms with Crippen LogP contribution in [0, 0.1) is 17.0 Å². The number of nitrogens with two attached hydrogens (primary N) is 1. The lowest BCUT2D eigenvalue weighted by atomic mass is 9.87. The fourth-order valence-electron chi connectivity index (χ4n) is 1.91. The molecule has 0 saturated heterocycles. The molecule has 0 atom stereocenters. The molecule has 5 nitrogen and oxygen atoms in total. The van der Waals surface area contributed by atoms with Gasteiger partial charge in [0.1, 0.15) is 0 Å². The van der Waals surface area contributed by atoms with Crippen LogP contribution in [-0.4, -0.2) is 17.0 Å². The summed E-state index contributed by atoms with van der Waals surface area (Å²) >= 11 is 0. The number of hydrogen-bond acceptors (Lipinski definition) is 4. The third kappa shape index (κ3) is 2.14. The van der Waals surface area contributed by atoms with E-state index < -0.39 is 0 Å². The third-order valence-corrected chi connectivity index (χ3v) is 2.95. The van der Waals surface area contributed by atoms with Gasteiger partial charge in [-0.25, -0.2) is 0 Å². The molecule has 1 aromatic rings. The first-order chi connectivity index (χ1) is 7.56. The fourth-order valence-corrected chi connectivity index (χ4v) is 1.91. The van der Waals surface area contributed by atoms with Crippen molar-refractivity contribution in [1.82, 2.24) is 0 Å². The molecule has 1 saturated carbocycles. The Morgan fingerprint density at radius 2 is 2.19 bits per heavy atom. The Morgan fingerprint density at radius 1 is 1.50 bits per heavy atom. The molecule has 0 heterocycles. The predicted octanol–water partition coefficient (Wildman–Crippen LogP) is 1.80. The minimum atomic E-state index is -0.354. The van der Waals surface area contributed by atoms with Gasteiger partial charge >= 0.3 is 0 Å². The summed E-state index contributed by atoms with van der Waals surface area (Å²) in [6, 6.07) is 5.85. The quantitative estimate of drug-likeness (QED) is 0.602. The first-order valence-electron chi connectivity index (χ1n) is 5.33. The van der Waals surface area contributed by atoms with Crippen molar-refractivity contribution in [1.29, 1.82) is 0 Å². The Bertz CT molecular complexity index is 414. The maximum Gasteiger partial charge on any atom is 0.274 e. The molecule has 1 fully saturated rings. The zero-order valence-corrected chi connectivity index (χ0v) is 9.14. The lowest BCUT2D eigenvalue weighted by Gasteiger charge is -2.33. The second kappa shape index (κ2) is 4.09. The number of nitrogens with one attached hydrogen (secondary N) is 1. The number of hydrogen-bond donors (Lipinski definition) is 2. The lowest BCUT2D eigenvalue weighted by molar-refractivity contribution is -0.385. The predicted molar refractivity (Wildman–Crippen MR) is 62.5 cm³/mol. The zero-order chi connectivity index (χ0) is 11.7.